The molecule has 4 nitrogen and oxygen atoms in total. The van der Waals surface area contributed by atoms with Gasteiger partial charge in [-0.25, -0.2) is 0 Å². The third kappa shape index (κ3) is 2.97. The second kappa shape index (κ2) is 7.19. The number of rotatable bonds is 1. The molecule has 5 rings (SSSR count). The Balaban J connectivity index is 1.57. The van der Waals surface area contributed by atoms with E-state index in [1.54, 1.807) is 11.1 Å². The van der Waals surface area contributed by atoms with Gasteiger partial charge in [0.25, 0.3) is 0 Å². The summed E-state index contributed by atoms with van der Waals surface area (Å²) in [6, 6.07) is 0. The summed E-state index contributed by atoms with van der Waals surface area (Å²) in [6.07, 6.45) is 7.35. The number of hydrogen-bond acceptors (Lipinski definition) is 4. The Kier molecular flexibility index (Phi) is 5.28. The number of ether oxygens (including phenoxy) is 1. The lowest BCUT2D eigenvalue weighted by molar-refractivity contribution is -0.255. The van der Waals surface area contributed by atoms with Crippen LogP contribution in [0, 0.1) is 33.5 Å². The molecule has 5 aliphatic rings. The smallest absolute Gasteiger partial charge is 0.138 e. The Labute approximate surface area is 206 Å². The van der Waals surface area contributed by atoms with E-state index in [4.69, 9.17) is 4.74 Å². The van der Waals surface area contributed by atoms with Crippen LogP contribution in [0.15, 0.2) is 11.1 Å². The Bertz CT molecular complexity index is 932. The van der Waals surface area contributed by atoms with Gasteiger partial charge in [0.15, 0.2) is 0 Å². The second-order valence-electron chi connectivity index (χ2n) is 14.7. The summed E-state index contributed by atoms with van der Waals surface area (Å²) in [5, 5.41) is 22.3. The lowest BCUT2D eigenvalue weighted by atomic mass is 9.43. The number of ketones is 1. The second-order valence-corrected chi connectivity index (χ2v) is 14.7. The molecule has 4 heteroatoms. The number of allylic oxidation sites excluding steroid dienone is 2. The first-order valence-electron chi connectivity index (χ1n) is 13.9. The molecular formula is C30H48O4. The van der Waals surface area contributed by atoms with E-state index in [2.05, 4.69) is 41.5 Å². The largest absolute Gasteiger partial charge is 0.393 e. The Morgan fingerprint density at radius 2 is 1.50 bits per heavy atom. The van der Waals surface area contributed by atoms with Crippen molar-refractivity contribution < 1.29 is 19.7 Å². The number of aliphatic hydroxyl groups excluding tert-OH is 2. The van der Waals surface area contributed by atoms with Crippen LogP contribution in [-0.2, 0) is 9.53 Å². The van der Waals surface area contributed by atoms with E-state index < -0.39 is 23.4 Å². The van der Waals surface area contributed by atoms with E-state index in [-0.39, 0.29) is 27.6 Å². The van der Waals surface area contributed by atoms with Crippen molar-refractivity contribution in [2.24, 2.45) is 33.5 Å². The molecule has 3 fully saturated rings. The minimum Gasteiger partial charge on any atom is -0.393 e. The summed E-state index contributed by atoms with van der Waals surface area (Å²) < 4.78 is 6.70. The van der Waals surface area contributed by atoms with Crippen molar-refractivity contribution in [1.29, 1.82) is 0 Å². The number of aliphatic hydroxyl groups is 2. The molecule has 8 atom stereocenters. The summed E-state index contributed by atoms with van der Waals surface area (Å²) in [6.45, 7) is 17.9. The van der Waals surface area contributed by atoms with Gasteiger partial charge in [0.1, 0.15) is 5.78 Å². The van der Waals surface area contributed by atoms with Crippen molar-refractivity contribution in [2.45, 2.75) is 137 Å². The van der Waals surface area contributed by atoms with Crippen molar-refractivity contribution >= 4 is 5.78 Å². The minimum atomic E-state index is -0.604. The molecule has 0 amide bonds. The molecule has 1 saturated heterocycles. The highest BCUT2D eigenvalue weighted by atomic mass is 16.5. The zero-order valence-corrected chi connectivity index (χ0v) is 22.9. The van der Waals surface area contributed by atoms with E-state index in [1.165, 1.54) is 0 Å². The van der Waals surface area contributed by atoms with Crippen molar-refractivity contribution in [1.82, 2.24) is 0 Å². The molecule has 0 aromatic heterocycles. The van der Waals surface area contributed by atoms with Gasteiger partial charge in [0, 0.05) is 17.8 Å². The van der Waals surface area contributed by atoms with Crippen LogP contribution in [0.5, 0.6) is 0 Å². The molecule has 2 saturated carbocycles. The zero-order valence-electron chi connectivity index (χ0n) is 22.9. The highest BCUT2D eigenvalue weighted by molar-refractivity contribution is 5.85. The molecule has 0 bridgehead atoms. The maximum atomic E-state index is 12.9. The SMILES string of the molecule is CC1(C)OC(C)(C2C(O)CC3(C)C4=C(CCC23C)C2(C)CCC(=O)C(C)(C)C2CC4)CCC1O. The molecule has 1 heterocycles. The van der Waals surface area contributed by atoms with Crippen LogP contribution in [0.2, 0.25) is 0 Å². The number of fused-ring (bicyclic) bond motifs is 4. The quantitative estimate of drug-likeness (QED) is 0.460. The predicted molar refractivity (Wildman–Crippen MR) is 134 cm³/mol. The molecule has 0 radical (unpaired) electrons. The van der Waals surface area contributed by atoms with Gasteiger partial charge in [0.05, 0.1) is 23.4 Å². The van der Waals surface area contributed by atoms with Gasteiger partial charge in [0.2, 0.25) is 0 Å². The fourth-order valence-corrected chi connectivity index (χ4v) is 10.3. The normalized spacial score (nSPS) is 52.1. The number of carbonyl (C=O) groups excluding carboxylic acids is 1. The average molecular weight is 473 g/mol. The molecule has 34 heavy (non-hydrogen) atoms. The predicted octanol–water partition coefficient (Wildman–Crippen LogP) is 5.98. The Morgan fingerprint density at radius 3 is 2.15 bits per heavy atom. The Hall–Kier alpha value is -0.710. The van der Waals surface area contributed by atoms with Gasteiger partial charge in [-0.3, -0.25) is 4.79 Å². The molecule has 8 unspecified atom stereocenters. The van der Waals surface area contributed by atoms with Crippen molar-refractivity contribution in [3.63, 3.8) is 0 Å². The van der Waals surface area contributed by atoms with Crippen molar-refractivity contribution in [3.8, 4) is 0 Å². The third-order valence-corrected chi connectivity index (χ3v) is 12.3. The first-order chi connectivity index (χ1) is 15.5. The van der Waals surface area contributed by atoms with Crippen LogP contribution in [0.25, 0.3) is 0 Å². The van der Waals surface area contributed by atoms with E-state index in [0.29, 0.717) is 18.1 Å². The summed E-state index contributed by atoms with van der Waals surface area (Å²) in [5.74, 6) is 0.895. The fourth-order valence-electron chi connectivity index (χ4n) is 10.3. The maximum Gasteiger partial charge on any atom is 0.138 e. The van der Waals surface area contributed by atoms with Crippen LogP contribution in [-0.4, -0.2) is 39.4 Å². The van der Waals surface area contributed by atoms with Gasteiger partial charge in [-0.15, -0.1) is 0 Å². The van der Waals surface area contributed by atoms with Gasteiger partial charge >= 0.3 is 0 Å². The minimum absolute atomic E-state index is 0.0423. The highest BCUT2D eigenvalue weighted by Gasteiger charge is 2.69. The zero-order chi connectivity index (χ0) is 25.1. The van der Waals surface area contributed by atoms with Crippen LogP contribution < -0.4 is 0 Å². The van der Waals surface area contributed by atoms with Gasteiger partial charge in [-0.05, 0) is 94.3 Å². The van der Waals surface area contributed by atoms with Gasteiger partial charge < -0.3 is 14.9 Å². The van der Waals surface area contributed by atoms with Crippen molar-refractivity contribution in [2.75, 3.05) is 0 Å². The molecule has 0 spiro atoms. The average Bonchev–Trinajstić information content (AvgIpc) is 2.94. The van der Waals surface area contributed by atoms with Crippen molar-refractivity contribution in [3.05, 3.63) is 11.1 Å². The lowest BCUT2D eigenvalue weighted by Gasteiger charge is -2.62. The standard InChI is InChI=1S/C30H48O4/c1-25(2)21-10-9-19-18(27(21,5)14-12-22(25)32)11-15-28(6)24(20(31)17-29(19,28)7)30(8)16-13-23(33)26(3,4)34-30/h20-21,23-24,31,33H,9-17H2,1-8H3. The lowest BCUT2D eigenvalue weighted by Crippen LogP contribution is -2.60. The van der Waals surface area contributed by atoms with E-state index >= 15 is 0 Å². The van der Waals surface area contributed by atoms with Crippen LogP contribution in [0.3, 0.4) is 0 Å². The van der Waals surface area contributed by atoms with E-state index in [0.717, 1.165) is 51.4 Å². The third-order valence-electron chi connectivity index (χ3n) is 12.3. The molecule has 0 aromatic carbocycles. The fraction of sp³-hybridized carbons (Fsp3) is 0.900. The summed E-state index contributed by atoms with van der Waals surface area (Å²) in [5.41, 5.74) is 1.91. The molecular weight excluding hydrogens is 424 g/mol. The van der Waals surface area contributed by atoms with Crippen LogP contribution in [0.4, 0.5) is 0 Å². The molecule has 2 N–H and O–H groups in total. The first kappa shape index (κ1) is 25.0. The topological polar surface area (TPSA) is 66.8 Å². The highest BCUT2D eigenvalue weighted by Crippen LogP contribution is 2.73. The van der Waals surface area contributed by atoms with Crippen LogP contribution >= 0.6 is 0 Å². The van der Waals surface area contributed by atoms with Gasteiger partial charge in [-0.1, -0.05) is 45.8 Å². The maximum absolute atomic E-state index is 12.9. The van der Waals surface area contributed by atoms with E-state index in [9.17, 15) is 15.0 Å². The molecule has 192 valence electrons. The Morgan fingerprint density at radius 1 is 0.824 bits per heavy atom. The molecule has 0 aromatic rings. The number of hydrogen-bond donors (Lipinski definition) is 2. The van der Waals surface area contributed by atoms with Crippen LogP contribution in [0.1, 0.15) is 113 Å². The van der Waals surface area contributed by atoms with E-state index in [1.807, 2.05) is 13.8 Å². The first-order valence-corrected chi connectivity index (χ1v) is 13.9. The number of Topliss-reactive ketones (excluding diaryl/α,β-unsaturated/α-hetero) is 1. The van der Waals surface area contributed by atoms with Gasteiger partial charge in [-0.2, -0.15) is 0 Å². The molecule has 4 aliphatic carbocycles. The summed E-state index contributed by atoms with van der Waals surface area (Å²) in [4.78, 5) is 12.9. The number of carbonyl (C=O) groups is 1. The monoisotopic (exact) mass is 472 g/mol. The summed E-state index contributed by atoms with van der Waals surface area (Å²) in [7, 11) is 0. The molecule has 1 aliphatic heterocycles. The summed E-state index contributed by atoms with van der Waals surface area (Å²) >= 11 is 0.